The van der Waals surface area contributed by atoms with Crippen molar-refractivity contribution in [1.82, 2.24) is 14.7 Å². The third-order valence-corrected chi connectivity index (χ3v) is 5.29. The third-order valence-electron chi connectivity index (χ3n) is 2.78. The van der Waals surface area contributed by atoms with Crippen LogP contribution in [-0.4, -0.2) is 74.7 Å². The molecular weight excluding hydrogens is 605 g/mol. The van der Waals surface area contributed by atoms with Crippen molar-refractivity contribution in [3.05, 3.63) is 32.2 Å². The first-order valence-corrected chi connectivity index (χ1v) is 11.8. The number of nitrogens with zero attached hydrogens (tertiary/aromatic N) is 3. The van der Waals surface area contributed by atoms with Crippen molar-refractivity contribution in [3.63, 3.8) is 0 Å². The summed E-state index contributed by atoms with van der Waals surface area (Å²) in [5, 5.41) is 0. The number of hydrogen-bond acceptors (Lipinski definition) is 7. The molecule has 0 saturated heterocycles. The average Bonchev–Trinajstić information content (AvgIpc) is 2.66. The molecule has 0 bridgehead atoms. The van der Waals surface area contributed by atoms with E-state index in [1.165, 1.54) is 42.3 Å². The molecule has 0 atom stereocenters. The van der Waals surface area contributed by atoms with Gasteiger partial charge in [-0.05, 0) is 0 Å². The lowest BCUT2D eigenvalue weighted by Crippen LogP contribution is -2.27. The number of phosphoric ester groups is 1. The summed E-state index contributed by atoms with van der Waals surface area (Å²) in [6.07, 6.45) is 0. The highest BCUT2D eigenvalue weighted by Gasteiger charge is 2.40. The van der Waals surface area contributed by atoms with Gasteiger partial charge in [-0.1, -0.05) is 47.8 Å². The molecule has 29 heavy (non-hydrogen) atoms. The lowest BCUT2D eigenvalue weighted by Gasteiger charge is -2.24. The monoisotopic (exact) mass is 623 g/mol. The van der Waals surface area contributed by atoms with E-state index in [1.807, 2.05) is 0 Å². The first-order valence-electron chi connectivity index (χ1n) is 7.58. The third kappa shape index (κ3) is 8.53. The predicted octanol–water partition coefficient (Wildman–Crippen LogP) is 3.12. The zero-order valence-corrected chi connectivity index (χ0v) is 22.2. The van der Waals surface area contributed by atoms with Gasteiger partial charge in [0.1, 0.15) is 0 Å². The standard InChI is InChI=1S/C15H21Br3N3O7P/c1-19(2)13(22)10(7-16)26-29(25,27-11(8-17)14(23)20(3)4)28-12(9-18)15(24)21(5)6/h7-9H,1-6H3/b10-7+,11-8+,12-9+. The minimum absolute atomic E-state index is 0.448. The smallest absolute Gasteiger partial charge is 0.379 e. The summed E-state index contributed by atoms with van der Waals surface area (Å²) in [6.45, 7) is 0. The van der Waals surface area contributed by atoms with E-state index in [0.29, 0.717) is 0 Å². The Morgan fingerprint density at radius 3 is 0.966 bits per heavy atom. The lowest BCUT2D eigenvalue weighted by molar-refractivity contribution is -0.127. The Kier molecular flexibility index (Phi) is 11.9. The highest BCUT2D eigenvalue weighted by molar-refractivity contribution is 9.11. The van der Waals surface area contributed by atoms with E-state index in [1.54, 1.807) is 0 Å². The van der Waals surface area contributed by atoms with Crippen molar-refractivity contribution in [2.45, 2.75) is 0 Å². The average molecular weight is 626 g/mol. The van der Waals surface area contributed by atoms with E-state index in [2.05, 4.69) is 47.8 Å². The quantitative estimate of drug-likeness (QED) is 0.220. The maximum atomic E-state index is 13.3. The first-order chi connectivity index (χ1) is 13.3. The van der Waals surface area contributed by atoms with Crippen molar-refractivity contribution in [2.24, 2.45) is 0 Å². The number of amides is 3. The molecule has 0 rings (SSSR count). The molecular formula is C15H21Br3N3O7P. The van der Waals surface area contributed by atoms with Crippen LogP contribution in [0.2, 0.25) is 0 Å². The van der Waals surface area contributed by atoms with E-state index in [-0.39, 0.29) is 0 Å². The number of carbonyl (C=O) groups is 3. The molecule has 0 unspecified atom stereocenters. The SMILES string of the molecule is CN(C)C(=O)/C(=C\Br)OP(=O)(O/C(=C/Br)C(=O)N(C)C)O/C(=C/Br)C(=O)N(C)C. The minimum Gasteiger partial charge on any atom is -0.379 e. The fraction of sp³-hybridized carbons (Fsp3) is 0.400. The van der Waals surface area contributed by atoms with Gasteiger partial charge in [0.25, 0.3) is 17.7 Å². The fourth-order valence-electron chi connectivity index (χ4n) is 1.40. The van der Waals surface area contributed by atoms with Gasteiger partial charge in [-0.15, -0.1) is 0 Å². The van der Waals surface area contributed by atoms with Crippen molar-refractivity contribution < 1.29 is 32.5 Å². The molecule has 0 aromatic heterocycles. The topological polar surface area (TPSA) is 106 Å². The molecule has 0 aliphatic carbocycles. The largest absolute Gasteiger partial charge is 0.647 e. The fourth-order valence-corrected chi connectivity index (χ4v) is 3.92. The molecule has 0 saturated carbocycles. The molecule has 0 aliphatic rings. The summed E-state index contributed by atoms with van der Waals surface area (Å²) < 4.78 is 29.0. The van der Waals surface area contributed by atoms with Gasteiger partial charge in [0, 0.05) is 57.2 Å². The molecule has 0 aliphatic heterocycles. The number of phosphoric acid groups is 1. The van der Waals surface area contributed by atoms with Crippen LogP contribution in [0, 0.1) is 0 Å². The van der Waals surface area contributed by atoms with Crippen LogP contribution >= 0.6 is 55.6 Å². The molecule has 10 nitrogen and oxygen atoms in total. The molecule has 0 radical (unpaired) electrons. The molecule has 0 heterocycles. The highest BCUT2D eigenvalue weighted by Crippen LogP contribution is 2.55. The van der Waals surface area contributed by atoms with Gasteiger partial charge in [0.2, 0.25) is 17.3 Å². The van der Waals surface area contributed by atoms with Crippen LogP contribution in [0.3, 0.4) is 0 Å². The van der Waals surface area contributed by atoms with Crippen LogP contribution in [0.25, 0.3) is 0 Å². The van der Waals surface area contributed by atoms with E-state index in [4.69, 9.17) is 13.6 Å². The summed E-state index contributed by atoms with van der Waals surface area (Å²) in [7, 11) is 3.87. The predicted molar refractivity (Wildman–Crippen MR) is 118 cm³/mol. The molecule has 0 aromatic rings. The Morgan fingerprint density at radius 2 is 0.828 bits per heavy atom. The minimum atomic E-state index is -4.76. The van der Waals surface area contributed by atoms with Crippen LogP contribution in [0.5, 0.6) is 0 Å². The Hall–Kier alpha value is -1.30. The van der Waals surface area contributed by atoms with Crippen molar-refractivity contribution in [3.8, 4) is 0 Å². The molecule has 14 heteroatoms. The van der Waals surface area contributed by atoms with E-state index < -0.39 is 42.8 Å². The molecule has 3 amide bonds. The van der Waals surface area contributed by atoms with Crippen LogP contribution < -0.4 is 0 Å². The Labute approximate surface area is 194 Å². The summed E-state index contributed by atoms with van der Waals surface area (Å²) in [6, 6.07) is 0. The highest BCUT2D eigenvalue weighted by atomic mass is 79.9. The second-order valence-corrected chi connectivity index (χ2v) is 8.56. The zero-order valence-electron chi connectivity index (χ0n) is 16.5. The van der Waals surface area contributed by atoms with Gasteiger partial charge in [-0.25, -0.2) is 0 Å². The second kappa shape index (κ2) is 12.4. The van der Waals surface area contributed by atoms with Gasteiger partial charge in [-0.3, -0.25) is 14.4 Å². The van der Waals surface area contributed by atoms with E-state index >= 15 is 0 Å². The molecule has 164 valence electrons. The van der Waals surface area contributed by atoms with Gasteiger partial charge in [0.15, 0.2) is 0 Å². The maximum absolute atomic E-state index is 13.3. The van der Waals surface area contributed by atoms with Gasteiger partial charge >= 0.3 is 7.82 Å². The van der Waals surface area contributed by atoms with Crippen molar-refractivity contribution >= 4 is 73.3 Å². The van der Waals surface area contributed by atoms with E-state index in [0.717, 1.165) is 29.7 Å². The summed E-state index contributed by atoms with van der Waals surface area (Å²) in [4.78, 5) is 43.3. The number of likely N-dealkylation sites (N-methyl/N-ethyl adjacent to an activating group) is 3. The molecule has 0 fully saturated rings. The van der Waals surface area contributed by atoms with Gasteiger partial charge < -0.3 is 28.3 Å². The number of rotatable bonds is 9. The van der Waals surface area contributed by atoms with Crippen molar-refractivity contribution in [2.75, 3.05) is 42.3 Å². The maximum Gasteiger partial charge on any atom is 0.647 e. The number of halogens is 3. The van der Waals surface area contributed by atoms with Crippen LogP contribution in [0.15, 0.2) is 32.2 Å². The van der Waals surface area contributed by atoms with Crippen LogP contribution in [0.1, 0.15) is 0 Å². The normalized spacial score (nSPS) is 12.8. The first kappa shape index (κ1) is 27.7. The zero-order chi connectivity index (χ0) is 22.9. The van der Waals surface area contributed by atoms with Gasteiger partial charge in [0.05, 0.1) is 0 Å². The van der Waals surface area contributed by atoms with Crippen molar-refractivity contribution in [1.29, 1.82) is 0 Å². The lowest BCUT2D eigenvalue weighted by atomic mass is 10.5. The Bertz CT molecular complexity index is 679. The Morgan fingerprint density at radius 1 is 0.621 bits per heavy atom. The summed E-state index contributed by atoms with van der Waals surface area (Å²) in [5.41, 5.74) is 0. The van der Waals surface area contributed by atoms with Crippen LogP contribution in [-0.2, 0) is 32.5 Å². The molecule has 0 spiro atoms. The summed E-state index contributed by atoms with van der Waals surface area (Å²) in [5.74, 6) is -3.38. The van der Waals surface area contributed by atoms with Gasteiger partial charge in [-0.2, -0.15) is 4.57 Å². The molecule has 0 aromatic carbocycles. The molecule has 0 N–H and O–H groups in total. The number of carbonyl (C=O) groups excluding carboxylic acids is 3. The Balaban J connectivity index is 6.17. The van der Waals surface area contributed by atoms with E-state index in [9.17, 15) is 18.9 Å². The summed E-state index contributed by atoms with van der Waals surface area (Å²) >= 11 is 8.83. The number of hydrogen-bond donors (Lipinski definition) is 0. The van der Waals surface area contributed by atoms with Crippen LogP contribution in [0.4, 0.5) is 0 Å². The second-order valence-electron chi connectivity index (χ2n) is 5.74.